The van der Waals surface area contributed by atoms with Crippen molar-refractivity contribution in [1.82, 2.24) is 5.48 Å². The Kier molecular flexibility index (Phi) is 3.72. The van der Waals surface area contributed by atoms with Gasteiger partial charge in [0.2, 0.25) is 0 Å². The molecule has 1 rings (SSSR count). The smallest absolute Gasteiger partial charge is 0.274 e. The van der Waals surface area contributed by atoms with Gasteiger partial charge in [0.25, 0.3) is 5.91 Å². The molecule has 1 aromatic rings. The van der Waals surface area contributed by atoms with Crippen molar-refractivity contribution in [1.29, 1.82) is 0 Å². The number of carbonyl (C=O) groups excluding carboxylic acids is 1. The number of rotatable bonds is 1. The highest BCUT2D eigenvalue weighted by atomic mass is 127. The van der Waals surface area contributed by atoms with Gasteiger partial charge in [-0.1, -0.05) is 0 Å². The quantitative estimate of drug-likeness (QED) is 0.439. The molecule has 0 saturated carbocycles. The summed E-state index contributed by atoms with van der Waals surface area (Å²) in [6, 6.07) is 5.35. The van der Waals surface area contributed by atoms with Gasteiger partial charge in [-0.05, 0) is 63.4 Å². The zero-order valence-corrected chi connectivity index (χ0v) is 10.2. The van der Waals surface area contributed by atoms with E-state index in [-0.39, 0.29) is 0 Å². The first-order chi connectivity index (χ1) is 5.63. The molecular weight excluding hydrogens is 384 g/mol. The van der Waals surface area contributed by atoms with Gasteiger partial charge >= 0.3 is 0 Å². The summed E-state index contributed by atoms with van der Waals surface area (Å²) >= 11 is 4.23. The number of hydrogen-bond donors (Lipinski definition) is 2. The SMILES string of the molecule is O=C(NO)c1cc(I)cc(I)c1. The van der Waals surface area contributed by atoms with Gasteiger partial charge in [-0.15, -0.1) is 0 Å². The fourth-order valence-corrected chi connectivity index (χ4v) is 2.69. The van der Waals surface area contributed by atoms with E-state index in [0.29, 0.717) is 5.56 Å². The molecule has 0 heterocycles. The maximum atomic E-state index is 11.0. The Morgan fingerprint density at radius 2 is 1.75 bits per heavy atom. The fraction of sp³-hybridized carbons (Fsp3) is 0. The van der Waals surface area contributed by atoms with E-state index in [9.17, 15) is 4.79 Å². The van der Waals surface area contributed by atoms with Gasteiger partial charge in [-0.2, -0.15) is 0 Å². The van der Waals surface area contributed by atoms with Crippen LogP contribution in [0.1, 0.15) is 10.4 Å². The molecule has 0 spiro atoms. The minimum Gasteiger partial charge on any atom is -0.288 e. The van der Waals surface area contributed by atoms with Crippen molar-refractivity contribution in [3.8, 4) is 0 Å². The molecule has 1 aromatic carbocycles. The Labute approximate surface area is 96.8 Å². The van der Waals surface area contributed by atoms with Crippen molar-refractivity contribution in [2.75, 3.05) is 0 Å². The number of amides is 1. The highest BCUT2D eigenvalue weighted by Gasteiger charge is 2.05. The molecule has 0 bridgehead atoms. The third-order valence-corrected chi connectivity index (χ3v) is 2.47. The normalized spacial score (nSPS) is 9.58. The average Bonchev–Trinajstić information content (AvgIpc) is 2.01. The fourth-order valence-electron chi connectivity index (χ4n) is 0.749. The topological polar surface area (TPSA) is 49.3 Å². The second-order valence-electron chi connectivity index (χ2n) is 2.10. The van der Waals surface area contributed by atoms with Crippen LogP contribution in [0, 0.1) is 7.14 Å². The van der Waals surface area contributed by atoms with Crippen LogP contribution >= 0.6 is 45.2 Å². The third kappa shape index (κ3) is 2.56. The molecule has 0 aliphatic heterocycles. The second kappa shape index (κ2) is 4.38. The van der Waals surface area contributed by atoms with Crippen molar-refractivity contribution < 1.29 is 10.0 Å². The van der Waals surface area contributed by atoms with E-state index in [1.54, 1.807) is 17.6 Å². The molecule has 0 aliphatic rings. The van der Waals surface area contributed by atoms with Gasteiger partial charge in [-0.25, -0.2) is 5.48 Å². The van der Waals surface area contributed by atoms with Crippen LogP contribution in [0.4, 0.5) is 0 Å². The average molecular weight is 389 g/mol. The molecule has 0 aliphatic carbocycles. The molecule has 2 N–H and O–H groups in total. The van der Waals surface area contributed by atoms with E-state index >= 15 is 0 Å². The lowest BCUT2D eigenvalue weighted by Crippen LogP contribution is -2.18. The van der Waals surface area contributed by atoms with Crippen LogP contribution < -0.4 is 5.48 Å². The standard InChI is InChI=1S/C7H5I2NO2/c8-5-1-4(7(11)10-12)2-6(9)3-5/h1-3,12H,(H,10,11). The highest BCUT2D eigenvalue weighted by Crippen LogP contribution is 2.13. The van der Waals surface area contributed by atoms with Gasteiger partial charge in [0.1, 0.15) is 0 Å². The van der Waals surface area contributed by atoms with Gasteiger partial charge in [0.15, 0.2) is 0 Å². The van der Waals surface area contributed by atoms with Gasteiger partial charge in [-0.3, -0.25) is 10.0 Å². The summed E-state index contributed by atoms with van der Waals surface area (Å²) in [4.78, 5) is 11.0. The van der Waals surface area contributed by atoms with Crippen molar-refractivity contribution in [3.63, 3.8) is 0 Å². The summed E-state index contributed by atoms with van der Waals surface area (Å²) in [6.45, 7) is 0. The minimum atomic E-state index is -0.480. The summed E-state index contributed by atoms with van der Waals surface area (Å²) in [5.74, 6) is -0.480. The maximum Gasteiger partial charge on any atom is 0.274 e. The van der Waals surface area contributed by atoms with E-state index in [0.717, 1.165) is 7.14 Å². The Bertz CT molecular complexity index is 294. The predicted octanol–water partition coefficient (Wildman–Crippen LogP) is 2.01. The van der Waals surface area contributed by atoms with Gasteiger partial charge in [0.05, 0.1) is 0 Å². The molecule has 0 radical (unpaired) electrons. The Balaban J connectivity index is 3.08. The molecular formula is C7H5I2NO2. The number of hydroxylamine groups is 1. The zero-order chi connectivity index (χ0) is 9.14. The van der Waals surface area contributed by atoms with Crippen LogP contribution in [0.25, 0.3) is 0 Å². The van der Waals surface area contributed by atoms with Crippen molar-refractivity contribution in [2.45, 2.75) is 0 Å². The van der Waals surface area contributed by atoms with E-state index in [4.69, 9.17) is 5.21 Å². The van der Waals surface area contributed by atoms with E-state index in [1.807, 2.05) is 6.07 Å². The largest absolute Gasteiger partial charge is 0.288 e. The molecule has 0 atom stereocenters. The zero-order valence-electron chi connectivity index (χ0n) is 5.84. The van der Waals surface area contributed by atoms with Crippen LogP contribution in [0.5, 0.6) is 0 Å². The molecule has 64 valence electrons. The van der Waals surface area contributed by atoms with Crippen LogP contribution in [0.15, 0.2) is 18.2 Å². The number of halogens is 2. The van der Waals surface area contributed by atoms with Crippen LogP contribution in [0.2, 0.25) is 0 Å². The van der Waals surface area contributed by atoms with Crippen LogP contribution in [0.3, 0.4) is 0 Å². The second-order valence-corrected chi connectivity index (χ2v) is 4.59. The molecule has 12 heavy (non-hydrogen) atoms. The first kappa shape index (κ1) is 10.2. The number of hydrogen-bond acceptors (Lipinski definition) is 2. The van der Waals surface area contributed by atoms with Crippen molar-refractivity contribution in [2.24, 2.45) is 0 Å². The Morgan fingerprint density at radius 3 is 2.17 bits per heavy atom. The molecule has 3 nitrogen and oxygen atoms in total. The van der Waals surface area contributed by atoms with Crippen LogP contribution in [-0.4, -0.2) is 11.1 Å². The summed E-state index contributed by atoms with van der Waals surface area (Å²) in [6.07, 6.45) is 0. The summed E-state index contributed by atoms with van der Waals surface area (Å²) in [5, 5.41) is 8.37. The first-order valence-corrected chi connectivity index (χ1v) is 5.20. The molecule has 5 heteroatoms. The Morgan fingerprint density at radius 1 is 1.25 bits per heavy atom. The molecule has 0 aromatic heterocycles. The lowest BCUT2D eigenvalue weighted by Gasteiger charge is -2.00. The number of nitrogens with one attached hydrogen (secondary N) is 1. The third-order valence-electron chi connectivity index (χ3n) is 1.23. The maximum absolute atomic E-state index is 11.0. The van der Waals surface area contributed by atoms with Crippen molar-refractivity contribution >= 4 is 51.1 Å². The van der Waals surface area contributed by atoms with Gasteiger partial charge in [0, 0.05) is 12.7 Å². The minimum absolute atomic E-state index is 0.466. The van der Waals surface area contributed by atoms with E-state index in [2.05, 4.69) is 45.2 Å². The Hall–Kier alpha value is 0.110. The van der Waals surface area contributed by atoms with Crippen molar-refractivity contribution in [3.05, 3.63) is 30.9 Å². The molecule has 0 saturated heterocycles. The summed E-state index contributed by atoms with van der Waals surface area (Å²) in [5.41, 5.74) is 2.06. The summed E-state index contributed by atoms with van der Waals surface area (Å²) < 4.78 is 1.94. The van der Waals surface area contributed by atoms with E-state index < -0.39 is 5.91 Å². The lowest BCUT2D eigenvalue weighted by molar-refractivity contribution is 0.0706. The molecule has 1 amide bonds. The number of carbonyl (C=O) groups is 1. The highest BCUT2D eigenvalue weighted by molar-refractivity contribution is 14.1. The molecule has 0 fully saturated rings. The monoisotopic (exact) mass is 389 g/mol. The number of benzene rings is 1. The summed E-state index contributed by atoms with van der Waals surface area (Å²) in [7, 11) is 0. The molecule has 0 unspecified atom stereocenters. The predicted molar refractivity (Wildman–Crippen MR) is 61.1 cm³/mol. The van der Waals surface area contributed by atoms with E-state index in [1.165, 1.54) is 0 Å². The van der Waals surface area contributed by atoms with Gasteiger partial charge < -0.3 is 0 Å². The lowest BCUT2D eigenvalue weighted by atomic mass is 10.2. The first-order valence-electron chi connectivity index (χ1n) is 3.04. The van der Waals surface area contributed by atoms with Crippen LogP contribution in [-0.2, 0) is 0 Å².